The summed E-state index contributed by atoms with van der Waals surface area (Å²) in [6.45, 7) is 4.19. The van der Waals surface area contributed by atoms with Crippen LogP contribution in [0.3, 0.4) is 0 Å². The lowest BCUT2D eigenvalue weighted by Crippen LogP contribution is -2.33. The summed E-state index contributed by atoms with van der Waals surface area (Å²) >= 11 is 3.55. The zero-order valence-corrected chi connectivity index (χ0v) is 10.7. The van der Waals surface area contributed by atoms with Crippen molar-refractivity contribution >= 4 is 15.9 Å². The second-order valence-electron chi connectivity index (χ2n) is 4.46. The monoisotopic (exact) mass is 263 g/mol. The topological polar surface area (TPSA) is 23.8 Å². The van der Waals surface area contributed by atoms with Crippen LogP contribution in [0.5, 0.6) is 0 Å². The normalized spacial score (nSPS) is 18.0. The summed E-state index contributed by atoms with van der Waals surface area (Å²) in [5, 5.41) is 9.31. The quantitative estimate of drug-likeness (QED) is 0.751. The van der Waals surface area contributed by atoms with Crippen LogP contribution >= 0.6 is 15.9 Å². The van der Waals surface area contributed by atoms with Crippen molar-refractivity contribution in [3.8, 4) is 6.07 Å². The number of hydrogen-bond donors (Lipinski definition) is 0. The first kappa shape index (κ1) is 10.7. The van der Waals surface area contributed by atoms with Crippen LogP contribution in [0.1, 0.15) is 36.0 Å². The Balaban J connectivity index is 2.54. The molecule has 0 heterocycles. The van der Waals surface area contributed by atoms with Gasteiger partial charge in [0.2, 0.25) is 0 Å². The third-order valence-corrected chi connectivity index (χ3v) is 4.30. The lowest BCUT2D eigenvalue weighted by atomic mass is 9.64. The van der Waals surface area contributed by atoms with Crippen molar-refractivity contribution in [2.45, 2.75) is 38.5 Å². The lowest BCUT2D eigenvalue weighted by molar-refractivity contribution is 0.322. The summed E-state index contributed by atoms with van der Waals surface area (Å²) in [6, 6.07) is 6.79. The molecule has 1 aliphatic rings. The van der Waals surface area contributed by atoms with E-state index in [0.29, 0.717) is 0 Å². The van der Waals surface area contributed by atoms with E-state index in [4.69, 9.17) is 0 Å². The van der Waals surface area contributed by atoms with Crippen LogP contribution in [0.15, 0.2) is 16.6 Å². The zero-order chi connectivity index (χ0) is 11.1. The fraction of sp³-hybridized carbons (Fsp3) is 0.462. The second-order valence-corrected chi connectivity index (χ2v) is 5.32. The molecule has 0 spiro atoms. The minimum atomic E-state index is -0.194. The van der Waals surface area contributed by atoms with E-state index in [2.05, 4.69) is 48.0 Å². The van der Waals surface area contributed by atoms with Crippen molar-refractivity contribution in [1.82, 2.24) is 0 Å². The number of aryl methyl sites for hydroxylation is 2. The molecule has 0 N–H and O–H groups in total. The molecular weight excluding hydrogens is 250 g/mol. The van der Waals surface area contributed by atoms with E-state index in [1.54, 1.807) is 0 Å². The van der Waals surface area contributed by atoms with Crippen LogP contribution in [0, 0.1) is 25.2 Å². The highest BCUT2D eigenvalue weighted by Crippen LogP contribution is 2.45. The van der Waals surface area contributed by atoms with Crippen molar-refractivity contribution in [2.75, 3.05) is 0 Å². The van der Waals surface area contributed by atoms with E-state index in [-0.39, 0.29) is 5.41 Å². The van der Waals surface area contributed by atoms with Gasteiger partial charge in [-0.25, -0.2) is 0 Å². The van der Waals surface area contributed by atoms with Gasteiger partial charge in [-0.3, -0.25) is 0 Å². The molecule has 0 radical (unpaired) electrons. The van der Waals surface area contributed by atoms with Gasteiger partial charge in [-0.2, -0.15) is 5.26 Å². The summed E-state index contributed by atoms with van der Waals surface area (Å²) in [4.78, 5) is 0. The van der Waals surface area contributed by atoms with Gasteiger partial charge in [0.05, 0.1) is 11.5 Å². The predicted molar refractivity (Wildman–Crippen MR) is 64.8 cm³/mol. The highest BCUT2D eigenvalue weighted by molar-refractivity contribution is 9.10. The van der Waals surface area contributed by atoms with Crippen LogP contribution in [0.2, 0.25) is 0 Å². The maximum atomic E-state index is 9.31. The molecule has 0 saturated heterocycles. The summed E-state index contributed by atoms with van der Waals surface area (Å²) in [5.41, 5.74) is 3.51. The summed E-state index contributed by atoms with van der Waals surface area (Å²) in [6.07, 6.45) is 3.21. The number of nitrogens with zero attached hydrogens (tertiary/aromatic N) is 1. The Morgan fingerprint density at radius 2 is 1.93 bits per heavy atom. The molecule has 0 atom stereocenters. The number of rotatable bonds is 1. The number of hydrogen-bond acceptors (Lipinski definition) is 1. The highest BCUT2D eigenvalue weighted by Gasteiger charge is 2.40. The van der Waals surface area contributed by atoms with Crippen LogP contribution < -0.4 is 0 Å². The van der Waals surface area contributed by atoms with E-state index in [0.717, 1.165) is 17.3 Å². The smallest absolute Gasteiger partial charge is 0.0825 e. The van der Waals surface area contributed by atoms with Gasteiger partial charge in [0.25, 0.3) is 0 Å². The molecule has 0 unspecified atom stereocenters. The van der Waals surface area contributed by atoms with Crippen molar-refractivity contribution < 1.29 is 0 Å². The van der Waals surface area contributed by atoms with Gasteiger partial charge >= 0.3 is 0 Å². The number of benzene rings is 1. The Labute approximate surface area is 99.2 Å². The summed E-state index contributed by atoms with van der Waals surface area (Å²) < 4.78 is 1.12. The van der Waals surface area contributed by atoms with Gasteiger partial charge < -0.3 is 0 Å². The van der Waals surface area contributed by atoms with E-state index < -0.39 is 0 Å². The lowest BCUT2D eigenvalue weighted by Gasteiger charge is -2.37. The Bertz CT molecular complexity index is 439. The average molecular weight is 264 g/mol. The van der Waals surface area contributed by atoms with Gasteiger partial charge in [0.1, 0.15) is 0 Å². The van der Waals surface area contributed by atoms with Gasteiger partial charge in [0.15, 0.2) is 0 Å². The molecule has 0 amide bonds. The van der Waals surface area contributed by atoms with Gasteiger partial charge in [-0.1, -0.05) is 22.0 Å². The van der Waals surface area contributed by atoms with Crippen LogP contribution in [-0.4, -0.2) is 0 Å². The van der Waals surface area contributed by atoms with E-state index in [1.807, 2.05) is 0 Å². The molecule has 0 bridgehead atoms. The largest absolute Gasteiger partial charge is 0.197 e. The van der Waals surface area contributed by atoms with Crippen molar-refractivity contribution in [3.63, 3.8) is 0 Å². The molecule has 1 nitrogen and oxygen atoms in total. The minimum Gasteiger partial charge on any atom is -0.197 e. The molecular formula is C13H14BrN. The van der Waals surface area contributed by atoms with Crippen molar-refractivity contribution in [2.24, 2.45) is 0 Å². The van der Waals surface area contributed by atoms with E-state index in [1.165, 1.54) is 23.1 Å². The second kappa shape index (κ2) is 3.64. The van der Waals surface area contributed by atoms with E-state index in [9.17, 15) is 5.26 Å². The minimum absolute atomic E-state index is 0.194. The first-order valence-corrected chi connectivity index (χ1v) is 6.07. The van der Waals surface area contributed by atoms with Crippen LogP contribution in [0.4, 0.5) is 0 Å². The first-order valence-electron chi connectivity index (χ1n) is 5.27. The van der Waals surface area contributed by atoms with Crippen LogP contribution in [-0.2, 0) is 5.41 Å². The molecule has 0 aromatic heterocycles. The fourth-order valence-electron chi connectivity index (χ4n) is 2.31. The Morgan fingerprint density at radius 3 is 2.40 bits per heavy atom. The number of halogens is 1. The maximum absolute atomic E-state index is 9.31. The maximum Gasteiger partial charge on any atom is 0.0825 e. The molecule has 15 heavy (non-hydrogen) atoms. The molecule has 2 rings (SSSR count). The van der Waals surface area contributed by atoms with Gasteiger partial charge in [0, 0.05) is 4.47 Å². The summed E-state index contributed by atoms with van der Waals surface area (Å²) in [5.74, 6) is 0. The average Bonchev–Trinajstić information content (AvgIpc) is 2.12. The Morgan fingerprint density at radius 1 is 1.27 bits per heavy atom. The third-order valence-electron chi connectivity index (χ3n) is 3.44. The van der Waals surface area contributed by atoms with Crippen molar-refractivity contribution in [3.05, 3.63) is 33.3 Å². The zero-order valence-electron chi connectivity index (χ0n) is 9.10. The molecule has 1 aromatic carbocycles. The first-order chi connectivity index (χ1) is 7.09. The standard InChI is InChI=1S/C13H14BrN/c1-9-6-10(2)12(14)7-11(9)13(8-15)4-3-5-13/h6-7H,3-5H2,1-2H3. The predicted octanol–water partition coefficient (Wildman–Crippen LogP) is 4.01. The molecule has 1 saturated carbocycles. The molecule has 1 fully saturated rings. The summed E-state index contributed by atoms with van der Waals surface area (Å²) in [7, 11) is 0. The van der Waals surface area contributed by atoms with E-state index >= 15 is 0 Å². The van der Waals surface area contributed by atoms with Crippen LogP contribution in [0.25, 0.3) is 0 Å². The fourth-order valence-corrected chi connectivity index (χ4v) is 2.66. The third kappa shape index (κ3) is 1.59. The molecule has 0 aliphatic heterocycles. The molecule has 1 aromatic rings. The van der Waals surface area contributed by atoms with Gasteiger partial charge in [-0.05, 0) is 55.9 Å². The number of nitriles is 1. The Hall–Kier alpha value is -0.810. The molecule has 2 heteroatoms. The Kier molecular flexibility index (Phi) is 2.60. The highest BCUT2D eigenvalue weighted by atomic mass is 79.9. The van der Waals surface area contributed by atoms with Gasteiger partial charge in [-0.15, -0.1) is 0 Å². The SMILES string of the molecule is Cc1cc(C)c(C2(C#N)CCC2)cc1Br. The molecule has 1 aliphatic carbocycles. The van der Waals surface area contributed by atoms with Crippen molar-refractivity contribution in [1.29, 1.82) is 5.26 Å². The molecule has 78 valence electrons.